The molecule has 0 saturated heterocycles. The summed E-state index contributed by atoms with van der Waals surface area (Å²) in [6.07, 6.45) is 0. The van der Waals surface area contributed by atoms with Gasteiger partial charge in [-0.1, -0.05) is 35.9 Å². The molecule has 2 aromatic carbocycles. The largest absolute Gasteiger partial charge is 0.321 e. The molecule has 2 amide bonds. The second-order valence-corrected chi connectivity index (χ2v) is 6.96. The standard InChI is InChI=1S/C21H19N3O2S/c1-14-8-10-16(11-9-14)20(25)24-23-15(2)17-5-3-6-18(13-17)22-21(26)19-7-4-12-27-19/h3-13H,1-2H3,(H,22,26)(H,24,25)/b23-15+. The van der Waals surface area contributed by atoms with E-state index < -0.39 is 0 Å². The van der Waals surface area contributed by atoms with Gasteiger partial charge in [0.05, 0.1) is 10.6 Å². The molecule has 6 heteroatoms. The van der Waals surface area contributed by atoms with Crippen molar-refractivity contribution in [3.8, 4) is 0 Å². The lowest BCUT2D eigenvalue weighted by atomic mass is 10.1. The quantitative estimate of drug-likeness (QED) is 0.509. The van der Waals surface area contributed by atoms with E-state index in [0.29, 0.717) is 21.8 Å². The zero-order valence-electron chi connectivity index (χ0n) is 15.0. The molecule has 0 aliphatic rings. The summed E-state index contributed by atoms with van der Waals surface area (Å²) in [5.41, 5.74) is 6.32. The average Bonchev–Trinajstić information content (AvgIpc) is 3.21. The van der Waals surface area contributed by atoms with E-state index in [9.17, 15) is 9.59 Å². The molecule has 3 rings (SSSR count). The van der Waals surface area contributed by atoms with Crippen LogP contribution in [0.4, 0.5) is 5.69 Å². The Bertz CT molecular complexity index is 977. The van der Waals surface area contributed by atoms with Crippen LogP contribution in [0.25, 0.3) is 0 Å². The van der Waals surface area contributed by atoms with Gasteiger partial charge in [-0.15, -0.1) is 11.3 Å². The Morgan fingerprint density at radius 3 is 2.41 bits per heavy atom. The number of anilines is 1. The molecule has 0 spiro atoms. The van der Waals surface area contributed by atoms with E-state index >= 15 is 0 Å². The van der Waals surface area contributed by atoms with Gasteiger partial charge < -0.3 is 5.32 Å². The molecule has 0 saturated carbocycles. The number of rotatable bonds is 5. The predicted octanol–water partition coefficient (Wildman–Crippen LogP) is 4.46. The Balaban J connectivity index is 1.68. The summed E-state index contributed by atoms with van der Waals surface area (Å²) in [4.78, 5) is 25.0. The maximum Gasteiger partial charge on any atom is 0.271 e. The number of hydrogen-bond donors (Lipinski definition) is 2. The SMILES string of the molecule is C/C(=N\NC(=O)c1ccc(C)cc1)c1cccc(NC(=O)c2cccs2)c1. The fraction of sp³-hybridized carbons (Fsp3) is 0.0952. The van der Waals surface area contributed by atoms with Gasteiger partial charge in [0, 0.05) is 11.3 Å². The van der Waals surface area contributed by atoms with Gasteiger partial charge in [-0.05, 0) is 55.1 Å². The van der Waals surface area contributed by atoms with Crippen molar-refractivity contribution in [2.45, 2.75) is 13.8 Å². The number of amides is 2. The Hall–Kier alpha value is -3.25. The lowest BCUT2D eigenvalue weighted by Gasteiger charge is -2.07. The lowest BCUT2D eigenvalue weighted by molar-refractivity contribution is 0.0954. The third kappa shape index (κ3) is 4.89. The fourth-order valence-corrected chi connectivity index (χ4v) is 3.01. The number of aryl methyl sites for hydroxylation is 1. The van der Waals surface area contributed by atoms with E-state index in [4.69, 9.17) is 0 Å². The first-order chi connectivity index (χ1) is 13.0. The molecule has 0 aliphatic carbocycles. The second-order valence-electron chi connectivity index (χ2n) is 6.02. The fourth-order valence-electron chi connectivity index (χ4n) is 2.39. The summed E-state index contributed by atoms with van der Waals surface area (Å²) >= 11 is 1.39. The number of hydrogen-bond acceptors (Lipinski definition) is 4. The van der Waals surface area contributed by atoms with Crippen molar-refractivity contribution in [1.82, 2.24) is 5.43 Å². The third-order valence-corrected chi connectivity index (χ3v) is 4.79. The molecule has 0 unspecified atom stereocenters. The van der Waals surface area contributed by atoms with Gasteiger partial charge >= 0.3 is 0 Å². The van der Waals surface area contributed by atoms with Crippen molar-refractivity contribution < 1.29 is 9.59 Å². The van der Waals surface area contributed by atoms with Crippen molar-refractivity contribution in [2.24, 2.45) is 5.10 Å². The van der Waals surface area contributed by atoms with Gasteiger partial charge in [0.25, 0.3) is 11.8 Å². The van der Waals surface area contributed by atoms with Gasteiger partial charge in [0.1, 0.15) is 0 Å². The highest BCUT2D eigenvalue weighted by Gasteiger charge is 2.08. The number of hydrazone groups is 1. The third-order valence-electron chi connectivity index (χ3n) is 3.92. The molecule has 0 bridgehead atoms. The van der Waals surface area contributed by atoms with Crippen molar-refractivity contribution in [3.63, 3.8) is 0 Å². The van der Waals surface area contributed by atoms with Crippen molar-refractivity contribution in [3.05, 3.63) is 87.6 Å². The summed E-state index contributed by atoms with van der Waals surface area (Å²) in [5, 5.41) is 8.89. The van der Waals surface area contributed by atoms with Gasteiger partial charge in [0.15, 0.2) is 0 Å². The molecule has 5 nitrogen and oxygen atoms in total. The van der Waals surface area contributed by atoms with Crippen LogP contribution in [0.5, 0.6) is 0 Å². The molecule has 1 heterocycles. The number of benzene rings is 2. The summed E-state index contributed by atoms with van der Waals surface area (Å²) in [6, 6.07) is 18.2. The van der Waals surface area contributed by atoms with Crippen LogP contribution in [0.15, 0.2) is 71.1 Å². The first-order valence-corrected chi connectivity index (χ1v) is 9.27. The molecule has 0 atom stereocenters. The zero-order chi connectivity index (χ0) is 19.2. The maximum absolute atomic E-state index is 12.2. The van der Waals surface area contributed by atoms with E-state index in [1.165, 1.54) is 11.3 Å². The minimum atomic E-state index is -0.267. The molecular formula is C21H19N3O2S. The number of carbonyl (C=O) groups is 2. The number of nitrogens with zero attached hydrogens (tertiary/aromatic N) is 1. The molecule has 3 aromatic rings. The molecule has 136 valence electrons. The molecule has 2 N–H and O–H groups in total. The van der Waals surface area contributed by atoms with Crippen LogP contribution in [-0.4, -0.2) is 17.5 Å². The van der Waals surface area contributed by atoms with Crippen LogP contribution in [0.1, 0.15) is 38.1 Å². The van der Waals surface area contributed by atoms with Crippen LogP contribution in [-0.2, 0) is 0 Å². The van der Waals surface area contributed by atoms with Crippen LogP contribution in [0, 0.1) is 6.92 Å². The van der Waals surface area contributed by atoms with Crippen molar-refractivity contribution in [1.29, 1.82) is 0 Å². The summed E-state index contributed by atoms with van der Waals surface area (Å²) in [6.45, 7) is 3.77. The van der Waals surface area contributed by atoms with Gasteiger partial charge in [-0.25, -0.2) is 5.43 Å². The summed E-state index contributed by atoms with van der Waals surface area (Å²) in [7, 11) is 0. The van der Waals surface area contributed by atoms with Crippen LogP contribution < -0.4 is 10.7 Å². The van der Waals surface area contributed by atoms with E-state index in [0.717, 1.165) is 11.1 Å². The number of nitrogens with one attached hydrogen (secondary N) is 2. The first-order valence-electron chi connectivity index (χ1n) is 8.39. The van der Waals surface area contributed by atoms with Gasteiger partial charge in [0.2, 0.25) is 0 Å². The van der Waals surface area contributed by atoms with Crippen molar-refractivity contribution in [2.75, 3.05) is 5.32 Å². The van der Waals surface area contributed by atoms with Crippen LogP contribution >= 0.6 is 11.3 Å². The first kappa shape index (κ1) is 18.5. The highest BCUT2D eigenvalue weighted by molar-refractivity contribution is 7.12. The van der Waals surface area contributed by atoms with Crippen molar-refractivity contribution >= 4 is 34.6 Å². The average molecular weight is 377 g/mol. The predicted molar refractivity (Wildman–Crippen MR) is 110 cm³/mol. The minimum absolute atomic E-state index is 0.149. The minimum Gasteiger partial charge on any atom is -0.321 e. The zero-order valence-corrected chi connectivity index (χ0v) is 15.8. The summed E-state index contributed by atoms with van der Waals surface area (Å²) < 4.78 is 0. The number of carbonyl (C=O) groups excluding carboxylic acids is 2. The molecule has 0 fully saturated rings. The molecule has 0 radical (unpaired) electrons. The molecule has 1 aromatic heterocycles. The Morgan fingerprint density at radius 1 is 0.926 bits per heavy atom. The normalized spacial score (nSPS) is 11.1. The van der Waals surface area contributed by atoms with Gasteiger partial charge in [-0.3, -0.25) is 9.59 Å². The highest BCUT2D eigenvalue weighted by Crippen LogP contribution is 2.15. The smallest absolute Gasteiger partial charge is 0.271 e. The van der Waals surface area contributed by atoms with E-state index in [2.05, 4.69) is 15.8 Å². The lowest BCUT2D eigenvalue weighted by Crippen LogP contribution is -2.19. The highest BCUT2D eigenvalue weighted by atomic mass is 32.1. The van der Waals surface area contributed by atoms with E-state index in [-0.39, 0.29) is 11.8 Å². The summed E-state index contributed by atoms with van der Waals surface area (Å²) in [5.74, 6) is -0.416. The topological polar surface area (TPSA) is 70.6 Å². The monoisotopic (exact) mass is 377 g/mol. The van der Waals surface area contributed by atoms with Gasteiger partial charge in [-0.2, -0.15) is 5.10 Å². The Morgan fingerprint density at radius 2 is 1.70 bits per heavy atom. The Labute approximate surface area is 161 Å². The van der Waals surface area contributed by atoms with E-state index in [1.807, 2.05) is 54.8 Å². The maximum atomic E-state index is 12.2. The van der Waals surface area contributed by atoms with Crippen LogP contribution in [0.2, 0.25) is 0 Å². The Kier molecular flexibility index (Phi) is 5.78. The molecular weight excluding hydrogens is 358 g/mol. The molecule has 0 aliphatic heterocycles. The molecule has 27 heavy (non-hydrogen) atoms. The second kappa shape index (κ2) is 8.42. The van der Waals surface area contributed by atoms with E-state index in [1.54, 1.807) is 25.1 Å². The van der Waals surface area contributed by atoms with Crippen LogP contribution in [0.3, 0.4) is 0 Å². The number of thiophene rings is 1.